The first-order chi connectivity index (χ1) is 8.37. The average Bonchev–Trinajstić information content (AvgIpc) is 2.24. The van der Waals surface area contributed by atoms with Crippen molar-refractivity contribution in [3.63, 3.8) is 0 Å². The van der Waals surface area contributed by atoms with Crippen LogP contribution in [0.15, 0.2) is 34.8 Å². The number of ether oxygens (including phenoxy) is 1. The minimum atomic E-state index is -0.459. The van der Waals surface area contributed by atoms with Crippen molar-refractivity contribution < 1.29 is 9.53 Å². The molecule has 0 atom stereocenters. The van der Waals surface area contributed by atoms with Crippen LogP contribution in [0.4, 0.5) is 4.79 Å². The number of alkyl carbamates (subject to hydrolysis) is 1. The lowest BCUT2D eigenvalue weighted by Crippen LogP contribution is -2.32. The van der Waals surface area contributed by atoms with Crippen LogP contribution in [0.3, 0.4) is 0 Å². The van der Waals surface area contributed by atoms with E-state index in [4.69, 9.17) is 4.74 Å². The monoisotopic (exact) mass is 311 g/mol. The van der Waals surface area contributed by atoms with Gasteiger partial charge in [0.15, 0.2) is 0 Å². The van der Waals surface area contributed by atoms with Gasteiger partial charge in [0.25, 0.3) is 0 Å². The van der Waals surface area contributed by atoms with Gasteiger partial charge < -0.3 is 10.1 Å². The summed E-state index contributed by atoms with van der Waals surface area (Å²) in [7, 11) is 0. The number of hydrogen-bond donors (Lipinski definition) is 1. The summed E-state index contributed by atoms with van der Waals surface area (Å²) in [6.07, 6.45) is 3.43. The lowest BCUT2D eigenvalue weighted by molar-refractivity contribution is 0.0534. The number of amides is 1. The number of benzene rings is 1. The van der Waals surface area contributed by atoms with E-state index >= 15 is 0 Å². The fourth-order valence-corrected chi connectivity index (χ4v) is 1.49. The molecule has 0 unspecified atom stereocenters. The molecule has 0 aliphatic heterocycles. The molecule has 18 heavy (non-hydrogen) atoms. The van der Waals surface area contributed by atoms with E-state index in [9.17, 15) is 4.79 Å². The van der Waals surface area contributed by atoms with Crippen LogP contribution >= 0.6 is 15.9 Å². The van der Waals surface area contributed by atoms with E-state index in [1.54, 1.807) is 0 Å². The van der Waals surface area contributed by atoms with Crippen molar-refractivity contribution in [2.75, 3.05) is 6.54 Å². The molecule has 1 N–H and O–H groups in total. The van der Waals surface area contributed by atoms with Crippen molar-refractivity contribution in [3.05, 3.63) is 40.4 Å². The first kappa shape index (κ1) is 14.8. The Morgan fingerprint density at radius 3 is 2.50 bits per heavy atom. The summed E-state index contributed by atoms with van der Waals surface area (Å²) in [5.74, 6) is 0. The molecule has 0 fully saturated rings. The summed E-state index contributed by atoms with van der Waals surface area (Å²) in [4.78, 5) is 11.3. The van der Waals surface area contributed by atoms with E-state index < -0.39 is 11.7 Å². The van der Waals surface area contributed by atoms with E-state index in [1.807, 2.05) is 57.2 Å². The maximum Gasteiger partial charge on any atom is 0.407 e. The molecule has 0 aliphatic carbocycles. The molecule has 0 aliphatic rings. The zero-order valence-electron chi connectivity index (χ0n) is 10.9. The van der Waals surface area contributed by atoms with Crippen molar-refractivity contribution in [2.24, 2.45) is 0 Å². The molecule has 0 heterocycles. The minimum absolute atomic E-state index is 0.400. The van der Waals surface area contributed by atoms with E-state index in [1.165, 1.54) is 0 Å². The molecule has 1 aromatic carbocycles. The van der Waals surface area contributed by atoms with Crippen LogP contribution in [-0.4, -0.2) is 18.2 Å². The first-order valence-electron chi connectivity index (χ1n) is 5.76. The van der Waals surface area contributed by atoms with Crippen molar-refractivity contribution in [3.8, 4) is 0 Å². The Bertz CT molecular complexity index is 418. The number of rotatable bonds is 3. The normalized spacial score (nSPS) is 11.6. The Balaban J connectivity index is 2.33. The Morgan fingerprint density at radius 2 is 1.94 bits per heavy atom. The molecule has 0 radical (unpaired) electrons. The van der Waals surface area contributed by atoms with Crippen LogP contribution in [0.2, 0.25) is 0 Å². The highest BCUT2D eigenvalue weighted by molar-refractivity contribution is 9.10. The fourth-order valence-electron chi connectivity index (χ4n) is 1.23. The number of nitrogens with one attached hydrogen (secondary N) is 1. The highest BCUT2D eigenvalue weighted by Crippen LogP contribution is 2.11. The van der Waals surface area contributed by atoms with Gasteiger partial charge in [0.2, 0.25) is 0 Å². The third-order valence-corrected chi connectivity index (χ3v) is 2.47. The van der Waals surface area contributed by atoms with Crippen molar-refractivity contribution in [1.29, 1.82) is 0 Å². The van der Waals surface area contributed by atoms with Gasteiger partial charge in [-0.05, 0) is 38.5 Å². The third kappa shape index (κ3) is 6.45. The number of halogens is 1. The van der Waals surface area contributed by atoms with Crippen LogP contribution in [0.5, 0.6) is 0 Å². The topological polar surface area (TPSA) is 38.3 Å². The average molecular weight is 312 g/mol. The second-order valence-corrected chi connectivity index (χ2v) is 5.75. The van der Waals surface area contributed by atoms with E-state index in [0.717, 1.165) is 10.0 Å². The fraction of sp³-hybridized carbons (Fsp3) is 0.357. The quantitative estimate of drug-likeness (QED) is 0.916. The highest BCUT2D eigenvalue weighted by atomic mass is 79.9. The third-order valence-electron chi connectivity index (χ3n) is 1.94. The van der Waals surface area contributed by atoms with Gasteiger partial charge in [-0.2, -0.15) is 0 Å². The molecule has 0 aromatic heterocycles. The van der Waals surface area contributed by atoms with Crippen molar-refractivity contribution >= 4 is 28.1 Å². The molecule has 0 spiro atoms. The van der Waals surface area contributed by atoms with Gasteiger partial charge in [0, 0.05) is 11.0 Å². The Kier molecular flexibility index (Phi) is 5.41. The molecule has 1 amide bonds. The molecule has 0 saturated carbocycles. The molecule has 1 aromatic rings. The SMILES string of the molecule is CC(C)(C)OC(=O)NC/C=C/c1ccc(Br)cc1. The minimum Gasteiger partial charge on any atom is -0.444 e. The Morgan fingerprint density at radius 1 is 1.33 bits per heavy atom. The number of carbonyl (C=O) groups is 1. The summed E-state index contributed by atoms with van der Waals surface area (Å²) < 4.78 is 6.16. The molecule has 0 bridgehead atoms. The van der Waals surface area contributed by atoms with Gasteiger partial charge in [0.1, 0.15) is 5.60 Å². The van der Waals surface area contributed by atoms with Crippen LogP contribution in [-0.2, 0) is 4.74 Å². The second-order valence-electron chi connectivity index (χ2n) is 4.84. The maximum atomic E-state index is 11.3. The summed E-state index contributed by atoms with van der Waals surface area (Å²) in [6, 6.07) is 7.93. The van der Waals surface area contributed by atoms with Gasteiger partial charge in [-0.3, -0.25) is 0 Å². The van der Waals surface area contributed by atoms with Crippen LogP contribution < -0.4 is 5.32 Å². The summed E-state index contributed by atoms with van der Waals surface area (Å²) >= 11 is 3.38. The predicted molar refractivity (Wildman–Crippen MR) is 77.4 cm³/mol. The lowest BCUT2D eigenvalue weighted by Gasteiger charge is -2.19. The second kappa shape index (κ2) is 6.59. The molecule has 0 saturated heterocycles. The van der Waals surface area contributed by atoms with E-state index in [-0.39, 0.29) is 0 Å². The Labute approximate surface area is 116 Å². The van der Waals surface area contributed by atoms with Gasteiger partial charge in [-0.25, -0.2) is 4.79 Å². The molecular formula is C14H18BrNO2. The lowest BCUT2D eigenvalue weighted by atomic mass is 10.2. The van der Waals surface area contributed by atoms with Gasteiger partial charge in [0.05, 0.1) is 0 Å². The first-order valence-corrected chi connectivity index (χ1v) is 6.55. The molecular weight excluding hydrogens is 294 g/mol. The van der Waals surface area contributed by atoms with Gasteiger partial charge in [-0.15, -0.1) is 0 Å². The van der Waals surface area contributed by atoms with E-state index in [0.29, 0.717) is 6.54 Å². The van der Waals surface area contributed by atoms with Crippen LogP contribution in [0, 0.1) is 0 Å². The molecule has 3 nitrogen and oxygen atoms in total. The molecule has 4 heteroatoms. The van der Waals surface area contributed by atoms with E-state index in [2.05, 4.69) is 21.2 Å². The standard InChI is InChI=1S/C14H18BrNO2/c1-14(2,3)18-13(17)16-10-4-5-11-6-8-12(15)9-7-11/h4-9H,10H2,1-3H3,(H,16,17)/b5-4+. The summed E-state index contributed by atoms with van der Waals surface area (Å²) in [5.41, 5.74) is 0.628. The predicted octanol–water partition coefficient (Wildman–Crippen LogP) is 3.99. The van der Waals surface area contributed by atoms with Gasteiger partial charge in [-0.1, -0.05) is 40.2 Å². The summed E-state index contributed by atoms with van der Waals surface area (Å²) in [5, 5.41) is 2.66. The largest absolute Gasteiger partial charge is 0.444 e. The number of carbonyl (C=O) groups excluding carboxylic acids is 1. The Hall–Kier alpha value is -1.29. The molecule has 1 rings (SSSR count). The van der Waals surface area contributed by atoms with Crippen LogP contribution in [0.25, 0.3) is 6.08 Å². The maximum absolute atomic E-state index is 11.3. The number of hydrogen-bond acceptors (Lipinski definition) is 2. The zero-order valence-corrected chi connectivity index (χ0v) is 12.5. The smallest absolute Gasteiger partial charge is 0.407 e. The molecule has 98 valence electrons. The van der Waals surface area contributed by atoms with Gasteiger partial charge >= 0.3 is 6.09 Å². The summed E-state index contributed by atoms with van der Waals surface area (Å²) in [6.45, 7) is 5.96. The zero-order chi connectivity index (χ0) is 13.6. The highest BCUT2D eigenvalue weighted by Gasteiger charge is 2.14. The van der Waals surface area contributed by atoms with Crippen molar-refractivity contribution in [2.45, 2.75) is 26.4 Å². The van der Waals surface area contributed by atoms with Crippen LogP contribution in [0.1, 0.15) is 26.3 Å². The van der Waals surface area contributed by atoms with Crippen molar-refractivity contribution in [1.82, 2.24) is 5.32 Å².